The van der Waals surface area contributed by atoms with Crippen molar-refractivity contribution in [1.29, 1.82) is 0 Å². The number of carbonyl (C=O) groups excluding carboxylic acids is 2. The number of Topliss-reactive ketones (excluding diaryl/α,β-unsaturated/α-hetero) is 1. The van der Waals surface area contributed by atoms with Gasteiger partial charge in [-0.25, -0.2) is 0 Å². The van der Waals surface area contributed by atoms with Gasteiger partial charge in [-0.2, -0.15) is 5.10 Å². The number of carbonyl (C=O) groups is 2. The zero-order valence-corrected chi connectivity index (χ0v) is 15.0. The molecule has 0 radical (unpaired) electrons. The predicted molar refractivity (Wildman–Crippen MR) is 90.8 cm³/mol. The molecule has 1 N–H and O–H groups in total. The summed E-state index contributed by atoms with van der Waals surface area (Å²) in [7, 11) is 1.66. The number of aromatic nitrogens is 2. The lowest BCUT2D eigenvalue weighted by Crippen LogP contribution is -2.31. The van der Waals surface area contributed by atoms with Crippen LogP contribution < -0.4 is 10.1 Å². The van der Waals surface area contributed by atoms with Crippen LogP contribution in [0.2, 0.25) is 0 Å². The first-order valence-electron chi connectivity index (χ1n) is 7.06. The molecule has 0 saturated heterocycles. The van der Waals surface area contributed by atoms with Crippen molar-refractivity contribution in [3.8, 4) is 5.75 Å². The van der Waals surface area contributed by atoms with Crippen LogP contribution in [0.5, 0.6) is 5.75 Å². The minimum Gasteiger partial charge on any atom is -0.480 e. The van der Waals surface area contributed by atoms with Gasteiger partial charge in [-0.1, -0.05) is 6.07 Å². The summed E-state index contributed by atoms with van der Waals surface area (Å²) < 4.78 is 7.90. The van der Waals surface area contributed by atoms with Crippen molar-refractivity contribution in [1.82, 2.24) is 9.78 Å². The summed E-state index contributed by atoms with van der Waals surface area (Å²) in [6.45, 7) is 5.04. The van der Waals surface area contributed by atoms with E-state index in [4.69, 9.17) is 4.74 Å². The molecule has 0 aliphatic rings. The Morgan fingerprint density at radius 3 is 2.70 bits per heavy atom. The highest BCUT2D eigenvalue weighted by atomic mass is 79.9. The zero-order valence-electron chi connectivity index (χ0n) is 13.4. The second-order valence-electron chi connectivity index (χ2n) is 5.27. The standard InChI is InChI=1S/C16H18BrN3O3/c1-9-5-6-14(13(17)7-9)23-11(3)16(22)19-15-12(10(2)21)8-18-20(15)4/h5-8,11H,1-4H3,(H,19,22). The van der Waals surface area contributed by atoms with Gasteiger partial charge in [0.05, 0.1) is 16.2 Å². The number of halogens is 1. The first-order valence-corrected chi connectivity index (χ1v) is 7.85. The Bertz CT molecular complexity index is 755. The highest BCUT2D eigenvalue weighted by molar-refractivity contribution is 9.10. The van der Waals surface area contributed by atoms with E-state index in [1.54, 1.807) is 20.0 Å². The van der Waals surface area contributed by atoms with Crippen molar-refractivity contribution < 1.29 is 14.3 Å². The fraction of sp³-hybridized carbons (Fsp3) is 0.312. The van der Waals surface area contributed by atoms with Gasteiger partial charge in [0.2, 0.25) is 0 Å². The van der Waals surface area contributed by atoms with Gasteiger partial charge < -0.3 is 10.1 Å². The molecular weight excluding hydrogens is 362 g/mol. The molecule has 1 amide bonds. The van der Waals surface area contributed by atoms with Crippen LogP contribution in [0.3, 0.4) is 0 Å². The third-order valence-electron chi connectivity index (χ3n) is 3.32. The molecule has 23 heavy (non-hydrogen) atoms. The second kappa shape index (κ2) is 6.95. The van der Waals surface area contributed by atoms with Crippen LogP contribution in [0.15, 0.2) is 28.9 Å². The molecule has 6 nitrogen and oxygen atoms in total. The Morgan fingerprint density at radius 1 is 1.39 bits per heavy atom. The summed E-state index contributed by atoms with van der Waals surface area (Å²) in [6, 6.07) is 5.61. The number of nitrogens with zero attached hydrogens (tertiary/aromatic N) is 2. The lowest BCUT2D eigenvalue weighted by atomic mass is 10.2. The number of benzene rings is 1. The maximum absolute atomic E-state index is 12.3. The summed E-state index contributed by atoms with van der Waals surface area (Å²) in [5, 5.41) is 6.68. The summed E-state index contributed by atoms with van der Waals surface area (Å²) in [6.07, 6.45) is 0.698. The molecule has 0 aliphatic heterocycles. The van der Waals surface area contributed by atoms with Crippen LogP contribution in [0.25, 0.3) is 0 Å². The van der Waals surface area contributed by atoms with Crippen LogP contribution in [0.4, 0.5) is 5.82 Å². The number of anilines is 1. The van der Waals surface area contributed by atoms with Crippen molar-refractivity contribution in [2.24, 2.45) is 7.05 Å². The average molecular weight is 380 g/mol. The molecule has 1 aromatic carbocycles. The zero-order chi connectivity index (χ0) is 17.1. The van der Waals surface area contributed by atoms with Crippen LogP contribution >= 0.6 is 15.9 Å². The summed E-state index contributed by atoms with van der Waals surface area (Å²) in [4.78, 5) is 23.9. The minimum atomic E-state index is -0.733. The van der Waals surface area contributed by atoms with Crippen molar-refractivity contribution in [2.45, 2.75) is 26.9 Å². The highest BCUT2D eigenvalue weighted by Crippen LogP contribution is 2.27. The number of rotatable bonds is 5. The van der Waals surface area contributed by atoms with Crippen molar-refractivity contribution >= 4 is 33.4 Å². The summed E-state index contributed by atoms with van der Waals surface area (Å²) in [5.41, 5.74) is 1.45. The van der Waals surface area contributed by atoms with E-state index < -0.39 is 6.10 Å². The molecule has 1 heterocycles. The topological polar surface area (TPSA) is 73.2 Å². The van der Waals surface area contributed by atoms with Crippen molar-refractivity contribution in [2.75, 3.05) is 5.32 Å². The molecule has 0 aliphatic carbocycles. The molecule has 2 rings (SSSR count). The van der Waals surface area contributed by atoms with E-state index in [9.17, 15) is 9.59 Å². The molecule has 0 fully saturated rings. The van der Waals surface area contributed by atoms with Gasteiger partial charge in [-0.3, -0.25) is 14.3 Å². The lowest BCUT2D eigenvalue weighted by Gasteiger charge is -2.16. The Morgan fingerprint density at radius 2 is 2.09 bits per heavy atom. The Balaban J connectivity index is 2.12. The highest BCUT2D eigenvalue weighted by Gasteiger charge is 2.20. The maximum atomic E-state index is 12.3. The molecule has 1 atom stereocenters. The number of ether oxygens (including phenoxy) is 1. The van der Waals surface area contributed by atoms with Gasteiger partial charge in [0.15, 0.2) is 11.9 Å². The number of aryl methyl sites for hydroxylation is 2. The molecule has 122 valence electrons. The molecule has 0 spiro atoms. The van der Waals surface area contributed by atoms with E-state index in [2.05, 4.69) is 26.3 Å². The van der Waals surface area contributed by atoms with Gasteiger partial charge in [0.1, 0.15) is 11.6 Å². The Labute approximate surface area is 143 Å². The molecule has 0 bridgehead atoms. The van der Waals surface area contributed by atoms with Gasteiger partial charge >= 0.3 is 0 Å². The van der Waals surface area contributed by atoms with Gasteiger partial charge in [0.25, 0.3) is 5.91 Å². The maximum Gasteiger partial charge on any atom is 0.266 e. The lowest BCUT2D eigenvalue weighted by molar-refractivity contribution is -0.122. The van der Waals surface area contributed by atoms with E-state index in [1.165, 1.54) is 17.8 Å². The number of ketones is 1. The normalized spacial score (nSPS) is 11.9. The van der Waals surface area contributed by atoms with Crippen LogP contribution in [-0.2, 0) is 11.8 Å². The van der Waals surface area contributed by atoms with E-state index in [1.807, 2.05) is 19.1 Å². The largest absolute Gasteiger partial charge is 0.480 e. The first kappa shape index (κ1) is 17.2. The summed E-state index contributed by atoms with van der Waals surface area (Å²) >= 11 is 3.41. The Kier molecular flexibility index (Phi) is 5.20. The number of nitrogens with one attached hydrogen (secondary N) is 1. The fourth-order valence-corrected chi connectivity index (χ4v) is 2.59. The van der Waals surface area contributed by atoms with Crippen molar-refractivity contribution in [3.05, 3.63) is 40.0 Å². The van der Waals surface area contributed by atoms with Gasteiger partial charge in [0, 0.05) is 7.05 Å². The van der Waals surface area contributed by atoms with Crippen LogP contribution in [0, 0.1) is 6.92 Å². The molecule has 7 heteroatoms. The number of hydrogen-bond acceptors (Lipinski definition) is 4. The molecule has 1 unspecified atom stereocenters. The van der Waals surface area contributed by atoms with Gasteiger partial charge in [-0.15, -0.1) is 0 Å². The second-order valence-corrected chi connectivity index (χ2v) is 6.12. The first-order chi connectivity index (χ1) is 10.8. The molecule has 0 saturated carbocycles. The fourth-order valence-electron chi connectivity index (χ4n) is 2.01. The molecular formula is C16H18BrN3O3. The quantitative estimate of drug-likeness (QED) is 0.810. The van der Waals surface area contributed by atoms with Gasteiger partial charge in [-0.05, 0) is 54.4 Å². The van der Waals surface area contributed by atoms with E-state index in [-0.39, 0.29) is 11.7 Å². The summed E-state index contributed by atoms with van der Waals surface area (Å²) in [5.74, 6) is 0.419. The predicted octanol–water partition coefficient (Wildman–Crippen LogP) is 3.10. The minimum absolute atomic E-state index is 0.164. The third-order valence-corrected chi connectivity index (χ3v) is 3.94. The van der Waals surface area contributed by atoms with Crippen LogP contribution in [-0.4, -0.2) is 27.6 Å². The van der Waals surface area contributed by atoms with E-state index >= 15 is 0 Å². The molecule has 1 aromatic heterocycles. The monoisotopic (exact) mass is 379 g/mol. The van der Waals surface area contributed by atoms with E-state index in [0.717, 1.165) is 10.0 Å². The smallest absolute Gasteiger partial charge is 0.266 e. The third kappa shape index (κ3) is 3.98. The number of hydrogen-bond donors (Lipinski definition) is 1. The number of amides is 1. The van der Waals surface area contributed by atoms with Crippen LogP contribution in [0.1, 0.15) is 29.8 Å². The van der Waals surface area contributed by atoms with Crippen molar-refractivity contribution in [3.63, 3.8) is 0 Å². The average Bonchev–Trinajstić information content (AvgIpc) is 2.83. The van der Waals surface area contributed by atoms with E-state index in [0.29, 0.717) is 17.1 Å². The SMILES string of the molecule is CC(=O)c1cnn(C)c1NC(=O)C(C)Oc1ccc(C)cc1Br. The molecule has 2 aromatic rings. The Hall–Kier alpha value is -2.15.